The molecule has 3 aliphatic carbocycles. The molecule has 0 aliphatic heterocycles. The Kier molecular flexibility index (Phi) is 2.44. The van der Waals surface area contributed by atoms with Crippen LogP contribution in [0.5, 0.6) is 0 Å². The average molecular weight is 348 g/mol. The van der Waals surface area contributed by atoms with Gasteiger partial charge in [-0.25, -0.2) is 0 Å². The average Bonchev–Trinajstić information content (AvgIpc) is 2.13. The molecule has 2 bridgehead atoms. The van der Waals surface area contributed by atoms with Gasteiger partial charge in [-0.3, -0.25) is 4.79 Å². The van der Waals surface area contributed by atoms with E-state index in [9.17, 15) is 4.79 Å². The number of amides is 1. The summed E-state index contributed by atoms with van der Waals surface area (Å²) in [6.07, 6.45) is 3.49. The van der Waals surface area contributed by atoms with Gasteiger partial charge in [0.1, 0.15) is 0 Å². The topological polar surface area (TPSA) is 29.1 Å². The van der Waals surface area contributed by atoms with Crippen molar-refractivity contribution >= 4 is 40.1 Å². The molecule has 16 heavy (non-hydrogen) atoms. The van der Waals surface area contributed by atoms with Gasteiger partial charge in [-0.2, -0.15) is 0 Å². The number of hydrogen-bond acceptors (Lipinski definition) is 1. The van der Waals surface area contributed by atoms with E-state index in [2.05, 4.69) is 27.9 Å². The normalized spacial score (nSPS) is 30.2. The van der Waals surface area contributed by atoms with Crippen LogP contribution < -0.4 is 5.32 Å². The van der Waals surface area contributed by atoms with Crippen LogP contribution in [-0.4, -0.2) is 11.4 Å². The number of carbonyl (C=O) groups excluding carboxylic acids is 1. The Labute approximate surface area is 113 Å². The Morgan fingerprint density at radius 3 is 2.62 bits per heavy atom. The maximum atomic E-state index is 12.0. The third-order valence-electron chi connectivity index (χ3n) is 3.60. The summed E-state index contributed by atoms with van der Waals surface area (Å²) < 4.78 is 0.973. The number of nitrogens with one attached hydrogen (secondary N) is 1. The van der Waals surface area contributed by atoms with E-state index in [1.807, 2.05) is 12.1 Å². The number of carbonyl (C=O) groups is 1. The van der Waals surface area contributed by atoms with Crippen molar-refractivity contribution in [3.05, 3.63) is 32.4 Å². The SMILES string of the molecule is O=C(NC12CC(C1)C2)c1ccc(I)c(Cl)c1. The van der Waals surface area contributed by atoms with E-state index in [-0.39, 0.29) is 11.4 Å². The van der Waals surface area contributed by atoms with Gasteiger partial charge >= 0.3 is 0 Å². The summed E-state index contributed by atoms with van der Waals surface area (Å²) in [5.74, 6) is 0.886. The molecule has 0 saturated heterocycles. The molecule has 1 N–H and O–H groups in total. The molecule has 3 aliphatic rings. The van der Waals surface area contributed by atoms with Crippen LogP contribution in [0, 0.1) is 9.49 Å². The Morgan fingerprint density at radius 2 is 2.12 bits per heavy atom. The highest BCUT2D eigenvalue weighted by Crippen LogP contribution is 2.56. The lowest BCUT2D eigenvalue weighted by molar-refractivity contribution is -0.0438. The lowest BCUT2D eigenvalue weighted by atomic mass is 9.50. The molecule has 1 aromatic carbocycles. The molecule has 0 spiro atoms. The summed E-state index contributed by atoms with van der Waals surface area (Å²) in [5, 5.41) is 3.77. The van der Waals surface area contributed by atoms with Gasteiger partial charge in [0.25, 0.3) is 5.91 Å². The van der Waals surface area contributed by atoms with Crippen molar-refractivity contribution in [2.75, 3.05) is 0 Å². The molecule has 2 nitrogen and oxygen atoms in total. The maximum Gasteiger partial charge on any atom is 0.251 e. The molecule has 0 aromatic heterocycles. The van der Waals surface area contributed by atoms with Gasteiger partial charge in [0.05, 0.1) is 5.02 Å². The molecule has 4 rings (SSSR count). The van der Waals surface area contributed by atoms with Crippen molar-refractivity contribution in [3.8, 4) is 0 Å². The zero-order valence-corrected chi connectivity index (χ0v) is 11.5. The highest BCUT2D eigenvalue weighted by molar-refractivity contribution is 14.1. The van der Waals surface area contributed by atoms with Crippen molar-refractivity contribution in [1.82, 2.24) is 5.32 Å². The zero-order chi connectivity index (χ0) is 11.3. The lowest BCUT2D eigenvalue weighted by Crippen LogP contribution is -2.68. The molecule has 1 amide bonds. The maximum absolute atomic E-state index is 12.0. The summed E-state index contributed by atoms with van der Waals surface area (Å²) in [5.41, 5.74) is 0.798. The fourth-order valence-corrected chi connectivity index (χ4v) is 3.10. The van der Waals surface area contributed by atoms with Crippen molar-refractivity contribution < 1.29 is 4.79 Å². The van der Waals surface area contributed by atoms with Crippen LogP contribution in [0.25, 0.3) is 0 Å². The number of benzene rings is 1. The molecule has 0 atom stereocenters. The first-order chi connectivity index (χ1) is 7.58. The largest absolute Gasteiger partial charge is 0.347 e. The minimum atomic E-state index is 0.0106. The van der Waals surface area contributed by atoms with E-state index in [0.29, 0.717) is 10.6 Å². The lowest BCUT2D eigenvalue weighted by Gasteiger charge is -2.61. The van der Waals surface area contributed by atoms with Crippen LogP contribution in [0.4, 0.5) is 0 Å². The third kappa shape index (κ3) is 1.64. The Balaban J connectivity index is 1.75. The van der Waals surface area contributed by atoms with E-state index >= 15 is 0 Å². The first kappa shape index (κ1) is 10.8. The van der Waals surface area contributed by atoms with Crippen LogP contribution in [0.1, 0.15) is 29.6 Å². The van der Waals surface area contributed by atoms with E-state index in [1.54, 1.807) is 6.07 Å². The molecule has 4 heteroatoms. The first-order valence-corrected chi connectivity index (χ1v) is 6.81. The fraction of sp³-hybridized carbons (Fsp3) is 0.417. The van der Waals surface area contributed by atoms with E-state index < -0.39 is 0 Å². The molecule has 3 fully saturated rings. The summed E-state index contributed by atoms with van der Waals surface area (Å²) in [6.45, 7) is 0. The van der Waals surface area contributed by atoms with Gasteiger partial charge in [0, 0.05) is 14.7 Å². The smallest absolute Gasteiger partial charge is 0.251 e. The summed E-state index contributed by atoms with van der Waals surface area (Å²) in [6, 6.07) is 5.44. The van der Waals surface area contributed by atoms with Crippen LogP contribution in [-0.2, 0) is 0 Å². The predicted molar refractivity (Wildman–Crippen MR) is 71.7 cm³/mol. The Morgan fingerprint density at radius 1 is 1.44 bits per heavy atom. The zero-order valence-electron chi connectivity index (χ0n) is 8.59. The predicted octanol–water partition coefficient (Wildman–Crippen LogP) is 3.23. The highest BCUT2D eigenvalue weighted by Gasteiger charge is 2.57. The van der Waals surface area contributed by atoms with E-state index in [0.717, 1.165) is 28.8 Å². The monoisotopic (exact) mass is 347 g/mol. The minimum Gasteiger partial charge on any atom is -0.347 e. The molecule has 3 saturated carbocycles. The molecular formula is C12H11ClINO. The molecule has 0 heterocycles. The second-order valence-corrected chi connectivity index (χ2v) is 6.41. The van der Waals surface area contributed by atoms with Crippen LogP contribution in [0.2, 0.25) is 5.02 Å². The van der Waals surface area contributed by atoms with Gasteiger partial charge < -0.3 is 5.32 Å². The Hall–Kier alpha value is -0.290. The summed E-state index contributed by atoms with van der Waals surface area (Å²) >= 11 is 8.15. The number of halogens is 2. The van der Waals surface area contributed by atoms with Crippen LogP contribution >= 0.6 is 34.2 Å². The van der Waals surface area contributed by atoms with Gasteiger partial charge in [0.2, 0.25) is 0 Å². The second kappa shape index (κ2) is 3.60. The number of rotatable bonds is 2. The van der Waals surface area contributed by atoms with Crippen LogP contribution in [0.3, 0.4) is 0 Å². The fourth-order valence-electron chi connectivity index (χ4n) is 2.58. The van der Waals surface area contributed by atoms with Crippen molar-refractivity contribution in [1.29, 1.82) is 0 Å². The van der Waals surface area contributed by atoms with Gasteiger partial charge in [-0.05, 0) is 66.0 Å². The summed E-state index contributed by atoms with van der Waals surface area (Å²) in [7, 11) is 0. The van der Waals surface area contributed by atoms with Gasteiger partial charge in [-0.15, -0.1) is 0 Å². The molecule has 1 aromatic rings. The van der Waals surface area contributed by atoms with Crippen molar-refractivity contribution in [2.45, 2.75) is 24.8 Å². The number of hydrogen-bond donors (Lipinski definition) is 1. The van der Waals surface area contributed by atoms with Gasteiger partial charge in [0.15, 0.2) is 0 Å². The molecular weight excluding hydrogens is 336 g/mol. The molecule has 0 radical (unpaired) electrons. The minimum absolute atomic E-state index is 0.0106. The first-order valence-electron chi connectivity index (χ1n) is 5.36. The second-order valence-electron chi connectivity index (χ2n) is 4.84. The standard InChI is InChI=1S/C12H11ClINO/c13-9-3-8(1-2-10(9)14)11(16)15-12-4-7(5-12)6-12/h1-3,7H,4-6H2,(H,15,16). The molecule has 0 unspecified atom stereocenters. The molecule has 84 valence electrons. The van der Waals surface area contributed by atoms with Gasteiger partial charge in [-0.1, -0.05) is 11.6 Å². The summed E-state index contributed by atoms with van der Waals surface area (Å²) in [4.78, 5) is 12.0. The van der Waals surface area contributed by atoms with E-state index in [1.165, 1.54) is 0 Å². The van der Waals surface area contributed by atoms with Crippen LogP contribution in [0.15, 0.2) is 18.2 Å². The van der Waals surface area contributed by atoms with Crippen molar-refractivity contribution in [3.63, 3.8) is 0 Å². The van der Waals surface area contributed by atoms with Crippen molar-refractivity contribution in [2.24, 2.45) is 5.92 Å². The quantitative estimate of drug-likeness (QED) is 0.818. The Bertz CT molecular complexity index is 457. The highest BCUT2D eigenvalue weighted by atomic mass is 127. The third-order valence-corrected chi connectivity index (χ3v) is 5.17. The van der Waals surface area contributed by atoms with E-state index in [4.69, 9.17) is 11.6 Å².